The zero-order chi connectivity index (χ0) is 46.3. The Labute approximate surface area is 400 Å². The van der Waals surface area contributed by atoms with Crippen LogP contribution in [0.4, 0.5) is 11.4 Å². The number of halogens is 1. The predicted molar refractivity (Wildman–Crippen MR) is 271 cm³/mol. The molecule has 10 nitrogen and oxygen atoms in total. The molecule has 6 aromatic rings. The number of nitrogens with zero attached hydrogens (tertiary/aromatic N) is 3. The molecule has 0 radical (unpaired) electrons. The summed E-state index contributed by atoms with van der Waals surface area (Å²) in [5.74, 6) is 0.0831. The number of carbonyl (C=O) groups is 1. The van der Waals surface area contributed by atoms with Gasteiger partial charge in [0, 0.05) is 97.5 Å². The number of carbonyl (C=O) groups excluding carboxylic acids is 1. The monoisotopic (exact) mass is 936 g/mol. The highest BCUT2D eigenvalue weighted by molar-refractivity contribution is 7.90. The summed E-state index contributed by atoms with van der Waals surface area (Å²) in [6, 6.07) is 36.1. The number of aromatic nitrogens is 1. The number of rotatable bonds is 12. The van der Waals surface area contributed by atoms with Crippen LogP contribution in [0.1, 0.15) is 78.6 Å². The molecule has 2 saturated heterocycles. The van der Waals surface area contributed by atoms with Crippen molar-refractivity contribution in [1.82, 2.24) is 19.5 Å². The molecule has 5 aromatic carbocycles. The second-order valence-corrected chi connectivity index (χ2v) is 22.0. The normalized spacial score (nSPS) is 18.6. The molecule has 67 heavy (non-hydrogen) atoms. The fourth-order valence-corrected chi connectivity index (χ4v) is 11.9. The van der Waals surface area contributed by atoms with Crippen molar-refractivity contribution < 1.29 is 17.9 Å². The Bertz CT molecular complexity index is 2910. The molecule has 2 aliphatic heterocycles. The number of aromatic amines is 1. The SMILES string of the molecule is Cc1cc(S(=O)(=O)NC(=O)c2ccc(N3CCN(CC4=C(c5ccc(Cl)cc5)CC(C)(C)CC4)CC3)cc2Oc2cccc3[nH]ccc23)ccc1NC1CCN(C2Cc3ccccc3C2)CC1. The molecule has 2 fully saturated rings. The molecule has 2 aliphatic carbocycles. The van der Waals surface area contributed by atoms with Crippen molar-refractivity contribution in [2.45, 2.75) is 82.7 Å². The Morgan fingerprint density at radius 2 is 1.58 bits per heavy atom. The van der Waals surface area contributed by atoms with Crippen molar-refractivity contribution in [2.75, 3.05) is 56.0 Å². The smallest absolute Gasteiger partial charge is 0.268 e. The Morgan fingerprint density at radius 3 is 2.31 bits per heavy atom. The van der Waals surface area contributed by atoms with E-state index in [1.807, 2.05) is 67.7 Å². The number of ether oxygens (including phenoxy) is 1. The second kappa shape index (κ2) is 18.8. The van der Waals surface area contributed by atoms with E-state index in [9.17, 15) is 13.2 Å². The Morgan fingerprint density at radius 1 is 0.836 bits per heavy atom. The number of likely N-dealkylation sites (tertiary alicyclic amines) is 1. The predicted octanol–water partition coefficient (Wildman–Crippen LogP) is 10.9. The van der Waals surface area contributed by atoms with Gasteiger partial charge in [0.25, 0.3) is 15.9 Å². The topological polar surface area (TPSA) is 110 Å². The van der Waals surface area contributed by atoms with Crippen LogP contribution in [0.15, 0.2) is 126 Å². The average Bonchev–Trinajstić information content (AvgIpc) is 4.00. The summed E-state index contributed by atoms with van der Waals surface area (Å²) < 4.78 is 36.8. The third kappa shape index (κ3) is 10.0. The maximum Gasteiger partial charge on any atom is 0.268 e. The fourth-order valence-electron chi connectivity index (χ4n) is 10.8. The minimum absolute atomic E-state index is 0.0292. The van der Waals surface area contributed by atoms with Gasteiger partial charge in [-0.1, -0.05) is 73.5 Å². The van der Waals surface area contributed by atoms with Crippen molar-refractivity contribution >= 4 is 55.4 Å². The number of hydrogen-bond acceptors (Lipinski definition) is 8. The van der Waals surface area contributed by atoms with E-state index in [-0.39, 0.29) is 21.6 Å². The molecular weight excluding hydrogens is 876 g/mol. The van der Waals surface area contributed by atoms with Gasteiger partial charge >= 0.3 is 0 Å². The summed E-state index contributed by atoms with van der Waals surface area (Å²) in [6.07, 6.45) is 9.41. The first-order valence-electron chi connectivity index (χ1n) is 23.9. The third-order valence-electron chi connectivity index (χ3n) is 14.7. The Kier molecular flexibility index (Phi) is 12.7. The van der Waals surface area contributed by atoms with E-state index in [2.05, 4.69) is 80.0 Å². The van der Waals surface area contributed by atoms with E-state index >= 15 is 0 Å². The van der Waals surface area contributed by atoms with Crippen molar-refractivity contribution in [3.8, 4) is 11.5 Å². The molecule has 0 spiro atoms. The summed E-state index contributed by atoms with van der Waals surface area (Å²) in [5.41, 5.74) is 11.1. The molecule has 1 aromatic heterocycles. The number of piperazine rings is 1. The van der Waals surface area contributed by atoms with Crippen LogP contribution in [-0.4, -0.2) is 87.0 Å². The van der Waals surface area contributed by atoms with Gasteiger partial charge in [0.15, 0.2) is 0 Å². The quantitative estimate of drug-likeness (QED) is 0.111. The molecule has 3 N–H and O–H groups in total. The van der Waals surface area contributed by atoms with Gasteiger partial charge in [-0.2, -0.15) is 0 Å². The maximum atomic E-state index is 14.1. The van der Waals surface area contributed by atoms with E-state index in [0.717, 1.165) is 117 Å². The molecule has 12 heteroatoms. The van der Waals surface area contributed by atoms with Gasteiger partial charge < -0.3 is 19.9 Å². The number of allylic oxidation sites excluding steroid dienone is 1. The van der Waals surface area contributed by atoms with Crippen LogP contribution in [0, 0.1) is 12.3 Å². The number of sulfonamides is 1. The number of nitrogens with one attached hydrogen (secondary N) is 3. The summed E-state index contributed by atoms with van der Waals surface area (Å²) in [7, 11) is -4.23. The lowest BCUT2D eigenvalue weighted by Gasteiger charge is -2.39. The lowest BCUT2D eigenvalue weighted by atomic mass is 9.72. The first-order valence-corrected chi connectivity index (χ1v) is 25.8. The van der Waals surface area contributed by atoms with E-state index in [1.54, 1.807) is 18.2 Å². The standard InChI is InChI=1S/C55H61ClN6O4S/c1-37-31-46(16-18-50(37)58-43-21-25-61(26-22-43)45-32-39-7-4-5-8-40(39)33-45)67(64,65)59-54(63)48-17-15-44(34-53(48)66-52-10-6-9-51-47(52)20-24-57-51)62-29-27-60(28-30-62)36-41-19-23-55(2,3)35-49(41)38-11-13-42(56)14-12-38/h4-18,20,24,31,34,43,45,57-58H,19,21-23,25-30,32-33,35-36H2,1-3H3,(H,59,63). The van der Waals surface area contributed by atoms with Crippen LogP contribution in [0.5, 0.6) is 11.5 Å². The van der Waals surface area contributed by atoms with Gasteiger partial charge in [-0.25, -0.2) is 13.1 Å². The van der Waals surface area contributed by atoms with Crippen molar-refractivity contribution in [1.29, 1.82) is 0 Å². The molecule has 0 unspecified atom stereocenters. The van der Waals surface area contributed by atoms with E-state index in [0.29, 0.717) is 17.8 Å². The molecule has 0 bridgehead atoms. The van der Waals surface area contributed by atoms with Crippen LogP contribution in [0.25, 0.3) is 16.5 Å². The minimum atomic E-state index is -4.23. The number of amides is 1. The molecule has 3 heterocycles. The van der Waals surface area contributed by atoms with Gasteiger partial charge in [0.2, 0.25) is 0 Å². The van der Waals surface area contributed by atoms with Crippen molar-refractivity contribution in [3.05, 3.63) is 154 Å². The molecule has 10 rings (SSSR count). The first-order chi connectivity index (χ1) is 32.3. The number of fused-ring (bicyclic) bond motifs is 2. The van der Waals surface area contributed by atoms with Crippen LogP contribution >= 0.6 is 11.6 Å². The van der Waals surface area contributed by atoms with E-state index < -0.39 is 15.9 Å². The molecular formula is C55H61ClN6O4S. The Balaban J connectivity index is 0.816. The number of aryl methyl sites for hydroxylation is 1. The largest absolute Gasteiger partial charge is 0.456 e. The fraction of sp³-hybridized carbons (Fsp3) is 0.364. The Hall–Kier alpha value is -5.59. The van der Waals surface area contributed by atoms with E-state index in [1.165, 1.54) is 34.3 Å². The highest BCUT2D eigenvalue weighted by Crippen LogP contribution is 2.44. The van der Waals surface area contributed by atoms with Gasteiger partial charge in [-0.15, -0.1) is 0 Å². The molecule has 348 valence electrons. The number of piperidine rings is 1. The van der Waals surface area contributed by atoms with Gasteiger partial charge in [-0.3, -0.25) is 14.6 Å². The van der Waals surface area contributed by atoms with Crippen LogP contribution in [0.3, 0.4) is 0 Å². The summed E-state index contributed by atoms with van der Waals surface area (Å²) >= 11 is 6.27. The maximum absolute atomic E-state index is 14.1. The molecule has 4 aliphatic rings. The second-order valence-electron chi connectivity index (χ2n) is 19.9. The summed E-state index contributed by atoms with van der Waals surface area (Å²) in [4.78, 5) is 24.9. The number of hydrogen-bond donors (Lipinski definition) is 3. The van der Waals surface area contributed by atoms with Gasteiger partial charge in [0.05, 0.1) is 10.5 Å². The molecule has 1 amide bonds. The van der Waals surface area contributed by atoms with Gasteiger partial charge in [0.1, 0.15) is 11.5 Å². The summed E-state index contributed by atoms with van der Waals surface area (Å²) in [5, 5.41) is 5.30. The number of benzene rings is 5. The van der Waals surface area contributed by atoms with Crippen LogP contribution in [0.2, 0.25) is 5.02 Å². The molecule has 0 atom stereocenters. The average molecular weight is 938 g/mol. The molecule has 0 saturated carbocycles. The summed E-state index contributed by atoms with van der Waals surface area (Å²) in [6.45, 7) is 13.0. The first kappa shape index (κ1) is 45.2. The van der Waals surface area contributed by atoms with Crippen molar-refractivity contribution in [2.24, 2.45) is 5.41 Å². The van der Waals surface area contributed by atoms with E-state index in [4.69, 9.17) is 16.3 Å². The van der Waals surface area contributed by atoms with Gasteiger partial charge in [-0.05, 0) is 146 Å². The number of anilines is 2. The van der Waals surface area contributed by atoms with Crippen LogP contribution in [-0.2, 0) is 22.9 Å². The zero-order valence-corrected chi connectivity index (χ0v) is 40.4. The third-order valence-corrected chi connectivity index (χ3v) is 16.3. The zero-order valence-electron chi connectivity index (χ0n) is 38.8. The minimum Gasteiger partial charge on any atom is -0.456 e. The highest BCUT2D eigenvalue weighted by Gasteiger charge is 2.32. The van der Waals surface area contributed by atoms with Crippen molar-refractivity contribution in [3.63, 3.8) is 0 Å². The number of H-pyrrole nitrogens is 1. The lowest BCUT2D eigenvalue weighted by Crippen LogP contribution is -2.47. The lowest BCUT2D eigenvalue weighted by molar-refractivity contribution is 0.0979. The van der Waals surface area contributed by atoms with Crippen LogP contribution < -0.4 is 19.7 Å². The highest BCUT2D eigenvalue weighted by atomic mass is 35.5.